The van der Waals surface area contributed by atoms with Crippen molar-refractivity contribution in [1.29, 1.82) is 0 Å². The zero-order valence-electron chi connectivity index (χ0n) is 10.3. The lowest BCUT2D eigenvalue weighted by Crippen LogP contribution is -2.20. The van der Waals surface area contributed by atoms with Gasteiger partial charge >= 0.3 is 0 Å². The van der Waals surface area contributed by atoms with Crippen molar-refractivity contribution in [2.24, 2.45) is 10.8 Å². The maximum atomic E-state index is 2.37. The lowest BCUT2D eigenvalue weighted by atomic mass is 9.73. The Morgan fingerprint density at radius 1 is 1.00 bits per heavy atom. The van der Waals surface area contributed by atoms with Gasteiger partial charge in [-0.05, 0) is 23.7 Å². The predicted octanol–water partition coefficient (Wildman–Crippen LogP) is 4.81. The minimum atomic E-state index is 0.357. The van der Waals surface area contributed by atoms with Gasteiger partial charge < -0.3 is 0 Å². The van der Waals surface area contributed by atoms with E-state index in [4.69, 9.17) is 0 Å². The van der Waals surface area contributed by atoms with Crippen LogP contribution in [0.1, 0.15) is 60.8 Å². The van der Waals surface area contributed by atoms with Crippen molar-refractivity contribution in [3.63, 3.8) is 0 Å². The van der Waals surface area contributed by atoms with Gasteiger partial charge in [-0.3, -0.25) is 0 Å². The van der Waals surface area contributed by atoms with Gasteiger partial charge in [-0.15, -0.1) is 0 Å². The molecule has 0 aromatic carbocycles. The average molecular weight is 182 g/mol. The van der Waals surface area contributed by atoms with E-state index in [1.54, 1.807) is 0 Å². The lowest BCUT2D eigenvalue weighted by molar-refractivity contribution is 0.229. The van der Waals surface area contributed by atoms with Crippen LogP contribution in [0.15, 0.2) is 12.2 Å². The summed E-state index contributed by atoms with van der Waals surface area (Å²) in [5, 5.41) is 0. The van der Waals surface area contributed by atoms with Gasteiger partial charge in [0.15, 0.2) is 0 Å². The number of allylic oxidation sites excluding steroid dienone is 2. The van der Waals surface area contributed by atoms with Gasteiger partial charge in [0, 0.05) is 0 Å². The molecule has 0 unspecified atom stereocenters. The summed E-state index contributed by atoms with van der Waals surface area (Å²) in [4.78, 5) is 0. The van der Waals surface area contributed by atoms with Gasteiger partial charge in [0.2, 0.25) is 0 Å². The Labute approximate surface area is 84.4 Å². The summed E-state index contributed by atoms with van der Waals surface area (Å²) in [6.07, 6.45) is 8.33. The standard InChI is InChI=1S/C13H26/c1-7-9-10-13(5,6)11-12(3,4)8-2/h9-10H,7-8,11H2,1-6H3. The zero-order chi connectivity index (χ0) is 10.5. The molecule has 0 atom stereocenters. The highest BCUT2D eigenvalue weighted by atomic mass is 14.3. The second-order valence-corrected chi connectivity index (χ2v) is 5.49. The van der Waals surface area contributed by atoms with Crippen molar-refractivity contribution in [3.05, 3.63) is 12.2 Å². The summed E-state index contributed by atoms with van der Waals surface area (Å²) in [7, 11) is 0. The molecule has 0 saturated carbocycles. The summed E-state index contributed by atoms with van der Waals surface area (Å²) in [5.74, 6) is 0. The molecule has 0 heteroatoms. The van der Waals surface area contributed by atoms with Crippen molar-refractivity contribution in [2.75, 3.05) is 0 Å². The van der Waals surface area contributed by atoms with Gasteiger partial charge in [0.1, 0.15) is 0 Å². The van der Waals surface area contributed by atoms with E-state index >= 15 is 0 Å². The molecular formula is C13H26. The molecule has 0 amide bonds. The molecule has 0 aromatic heterocycles. The molecule has 0 heterocycles. The molecule has 0 N–H and O–H groups in total. The molecule has 0 nitrogen and oxygen atoms in total. The van der Waals surface area contributed by atoms with E-state index in [1.165, 1.54) is 12.8 Å². The molecule has 0 aliphatic carbocycles. The number of hydrogen-bond acceptors (Lipinski definition) is 0. The molecule has 78 valence electrons. The van der Waals surface area contributed by atoms with Crippen LogP contribution in [-0.4, -0.2) is 0 Å². The Hall–Kier alpha value is -0.260. The average Bonchev–Trinajstić information content (AvgIpc) is 1.99. The van der Waals surface area contributed by atoms with Crippen molar-refractivity contribution in [1.82, 2.24) is 0 Å². The second-order valence-electron chi connectivity index (χ2n) is 5.49. The molecular weight excluding hydrogens is 156 g/mol. The minimum Gasteiger partial charge on any atom is -0.0883 e. The monoisotopic (exact) mass is 182 g/mol. The minimum absolute atomic E-state index is 0.357. The first-order valence-electron chi connectivity index (χ1n) is 5.51. The van der Waals surface area contributed by atoms with E-state index in [0.29, 0.717) is 10.8 Å². The highest BCUT2D eigenvalue weighted by Crippen LogP contribution is 2.36. The molecule has 0 aromatic rings. The fourth-order valence-corrected chi connectivity index (χ4v) is 1.85. The normalized spacial score (nSPS) is 14.0. The number of rotatable bonds is 5. The van der Waals surface area contributed by atoms with E-state index in [1.807, 2.05) is 0 Å². The van der Waals surface area contributed by atoms with Gasteiger partial charge in [0.05, 0.1) is 0 Å². The van der Waals surface area contributed by atoms with E-state index < -0.39 is 0 Å². The summed E-state index contributed by atoms with van der Waals surface area (Å²) in [6, 6.07) is 0. The van der Waals surface area contributed by atoms with Crippen molar-refractivity contribution in [2.45, 2.75) is 60.8 Å². The summed E-state index contributed by atoms with van der Waals surface area (Å²) in [5.41, 5.74) is 0.830. The molecule has 13 heavy (non-hydrogen) atoms. The first-order valence-corrected chi connectivity index (χ1v) is 5.51. The Kier molecular flexibility index (Phi) is 4.74. The van der Waals surface area contributed by atoms with Gasteiger partial charge in [-0.1, -0.05) is 60.1 Å². The van der Waals surface area contributed by atoms with Crippen LogP contribution in [0.25, 0.3) is 0 Å². The highest BCUT2D eigenvalue weighted by Gasteiger charge is 2.24. The quantitative estimate of drug-likeness (QED) is 0.535. The first-order chi connectivity index (χ1) is 5.83. The Balaban J connectivity index is 4.24. The van der Waals surface area contributed by atoms with Crippen molar-refractivity contribution < 1.29 is 0 Å². The SMILES string of the molecule is CCC=CC(C)(C)CC(C)(C)CC. The lowest BCUT2D eigenvalue weighted by Gasteiger charge is -2.32. The molecule has 0 aliphatic rings. The molecule has 0 spiro atoms. The molecule has 0 rings (SSSR count). The van der Waals surface area contributed by atoms with Gasteiger partial charge in [0.25, 0.3) is 0 Å². The van der Waals surface area contributed by atoms with Crippen molar-refractivity contribution >= 4 is 0 Å². The predicted molar refractivity (Wildman–Crippen MR) is 61.9 cm³/mol. The van der Waals surface area contributed by atoms with Gasteiger partial charge in [-0.25, -0.2) is 0 Å². The van der Waals surface area contributed by atoms with Crippen LogP contribution in [0.2, 0.25) is 0 Å². The van der Waals surface area contributed by atoms with Gasteiger partial charge in [-0.2, -0.15) is 0 Å². The molecule has 0 saturated heterocycles. The van der Waals surface area contributed by atoms with Crippen LogP contribution >= 0.6 is 0 Å². The zero-order valence-corrected chi connectivity index (χ0v) is 10.3. The summed E-state index contributed by atoms with van der Waals surface area (Å²) < 4.78 is 0. The summed E-state index contributed by atoms with van der Waals surface area (Å²) >= 11 is 0. The smallest absolute Gasteiger partial charge is 0.0170 e. The van der Waals surface area contributed by atoms with E-state index in [2.05, 4.69) is 53.7 Å². The topological polar surface area (TPSA) is 0 Å². The van der Waals surface area contributed by atoms with E-state index in [0.717, 1.165) is 6.42 Å². The Morgan fingerprint density at radius 2 is 1.54 bits per heavy atom. The fraction of sp³-hybridized carbons (Fsp3) is 0.846. The second kappa shape index (κ2) is 4.83. The van der Waals surface area contributed by atoms with E-state index in [-0.39, 0.29) is 0 Å². The molecule has 0 bridgehead atoms. The summed E-state index contributed by atoms with van der Waals surface area (Å²) in [6.45, 7) is 13.8. The number of hydrogen-bond donors (Lipinski definition) is 0. The van der Waals surface area contributed by atoms with Crippen LogP contribution in [0.4, 0.5) is 0 Å². The highest BCUT2D eigenvalue weighted by molar-refractivity contribution is 4.96. The van der Waals surface area contributed by atoms with Crippen LogP contribution < -0.4 is 0 Å². The third kappa shape index (κ3) is 5.90. The fourth-order valence-electron chi connectivity index (χ4n) is 1.85. The first kappa shape index (κ1) is 12.7. The van der Waals surface area contributed by atoms with Crippen LogP contribution in [0, 0.1) is 10.8 Å². The maximum Gasteiger partial charge on any atom is -0.0170 e. The third-order valence-corrected chi connectivity index (χ3v) is 2.70. The largest absolute Gasteiger partial charge is 0.0883 e. The maximum absolute atomic E-state index is 2.37. The van der Waals surface area contributed by atoms with Crippen LogP contribution in [0.3, 0.4) is 0 Å². The molecule has 0 radical (unpaired) electrons. The molecule has 0 aliphatic heterocycles. The van der Waals surface area contributed by atoms with Crippen LogP contribution in [-0.2, 0) is 0 Å². The van der Waals surface area contributed by atoms with Crippen LogP contribution in [0.5, 0.6) is 0 Å². The van der Waals surface area contributed by atoms with Crippen molar-refractivity contribution in [3.8, 4) is 0 Å². The Morgan fingerprint density at radius 3 is 1.92 bits per heavy atom. The Bertz CT molecular complexity index is 161. The molecule has 0 fully saturated rings. The van der Waals surface area contributed by atoms with E-state index in [9.17, 15) is 0 Å². The third-order valence-electron chi connectivity index (χ3n) is 2.70.